The summed E-state index contributed by atoms with van der Waals surface area (Å²) in [4.78, 5) is 12.6. The van der Waals surface area contributed by atoms with Crippen LogP contribution in [0, 0.1) is 6.92 Å². The average Bonchev–Trinajstić information content (AvgIpc) is 2.67. The fraction of sp³-hybridized carbons (Fsp3) is 0.174. The molecule has 0 aliphatic heterocycles. The van der Waals surface area contributed by atoms with Crippen LogP contribution in [-0.2, 0) is 11.2 Å². The summed E-state index contributed by atoms with van der Waals surface area (Å²) in [5.41, 5.74) is 4.29. The number of halogens is 2. The molecule has 3 aromatic carbocycles. The van der Waals surface area contributed by atoms with Gasteiger partial charge in [0.05, 0.1) is 16.1 Å². The molecule has 0 unspecified atom stereocenters. The van der Waals surface area contributed by atoms with Gasteiger partial charge in [-0.15, -0.1) is 0 Å². The molecule has 0 bridgehead atoms. The molecule has 0 saturated carbocycles. The zero-order chi connectivity index (χ0) is 19.2. The second-order valence-corrected chi connectivity index (χ2v) is 7.39. The van der Waals surface area contributed by atoms with Gasteiger partial charge in [-0.1, -0.05) is 89.4 Å². The maximum absolute atomic E-state index is 12.6. The number of hydrogen-bond acceptors (Lipinski definition) is 1. The van der Waals surface area contributed by atoms with Crippen molar-refractivity contribution in [1.82, 2.24) is 5.32 Å². The molecular formula is C23H21Cl2NO. The first-order chi connectivity index (χ1) is 13.0. The van der Waals surface area contributed by atoms with Gasteiger partial charge in [0.15, 0.2) is 0 Å². The summed E-state index contributed by atoms with van der Waals surface area (Å²) in [6.07, 6.45) is 0.991. The lowest BCUT2D eigenvalue weighted by molar-refractivity contribution is -0.121. The summed E-state index contributed by atoms with van der Waals surface area (Å²) in [6.45, 7) is 2.05. The van der Waals surface area contributed by atoms with Crippen LogP contribution in [0.2, 0.25) is 10.0 Å². The standard InChI is InChI=1S/C23H21Cl2NO/c1-16-6-5-9-19(14-16)23(18-7-3-2-4-8-18)26-22(27)13-11-17-10-12-20(24)21(25)15-17/h2-10,12,14-15,23H,11,13H2,1H3,(H,26,27)/t23-/m1/s1. The van der Waals surface area contributed by atoms with E-state index in [2.05, 4.69) is 24.4 Å². The van der Waals surface area contributed by atoms with Crippen molar-refractivity contribution in [3.05, 3.63) is 105 Å². The fourth-order valence-electron chi connectivity index (χ4n) is 3.04. The topological polar surface area (TPSA) is 29.1 Å². The van der Waals surface area contributed by atoms with Crippen LogP contribution in [0.25, 0.3) is 0 Å². The third-order valence-corrected chi connectivity index (χ3v) is 5.18. The molecule has 138 valence electrons. The molecule has 0 aliphatic carbocycles. The van der Waals surface area contributed by atoms with Crippen LogP contribution < -0.4 is 5.32 Å². The molecule has 1 N–H and O–H groups in total. The van der Waals surface area contributed by atoms with Crippen LogP contribution in [0.5, 0.6) is 0 Å². The average molecular weight is 398 g/mol. The van der Waals surface area contributed by atoms with E-state index in [0.29, 0.717) is 22.9 Å². The molecule has 0 fully saturated rings. The highest BCUT2D eigenvalue weighted by atomic mass is 35.5. The molecule has 4 heteroatoms. The Morgan fingerprint density at radius 1 is 0.889 bits per heavy atom. The monoisotopic (exact) mass is 397 g/mol. The molecule has 1 atom stereocenters. The summed E-state index contributed by atoms with van der Waals surface area (Å²) in [6, 6.07) is 23.5. The largest absolute Gasteiger partial charge is 0.345 e. The van der Waals surface area contributed by atoms with Gasteiger partial charge in [0, 0.05) is 6.42 Å². The molecule has 0 aromatic heterocycles. The van der Waals surface area contributed by atoms with Gasteiger partial charge in [-0.25, -0.2) is 0 Å². The number of nitrogens with one attached hydrogen (secondary N) is 1. The lowest BCUT2D eigenvalue weighted by Crippen LogP contribution is -2.29. The molecule has 2 nitrogen and oxygen atoms in total. The smallest absolute Gasteiger partial charge is 0.221 e. The van der Waals surface area contributed by atoms with Crippen LogP contribution >= 0.6 is 23.2 Å². The Morgan fingerprint density at radius 2 is 1.63 bits per heavy atom. The predicted molar refractivity (Wildman–Crippen MR) is 112 cm³/mol. The van der Waals surface area contributed by atoms with Gasteiger partial charge >= 0.3 is 0 Å². The molecule has 0 aliphatic rings. The van der Waals surface area contributed by atoms with E-state index in [1.54, 1.807) is 6.07 Å². The van der Waals surface area contributed by atoms with E-state index in [9.17, 15) is 4.79 Å². The highest BCUT2D eigenvalue weighted by Crippen LogP contribution is 2.25. The van der Waals surface area contributed by atoms with Crippen LogP contribution in [-0.4, -0.2) is 5.91 Å². The molecule has 0 heterocycles. The summed E-state index contributed by atoms with van der Waals surface area (Å²) < 4.78 is 0. The van der Waals surface area contributed by atoms with E-state index >= 15 is 0 Å². The first-order valence-electron chi connectivity index (χ1n) is 8.88. The maximum atomic E-state index is 12.6. The lowest BCUT2D eigenvalue weighted by Gasteiger charge is -2.20. The van der Waals surface area contributed by atoms with E-state index < -0.39 is 0 Å². The predicted octanol–water partition coefficient (Wildman–Crippen LogP) is 6.14. The van der Waals surface area contributed by atoms with E-state index in [1.165, 1.54) is 5.56 Å². The van der Waals surface area contributed by atoms with Gasteiger partial charge in [0.25, 0.3) is 0 Å². The van der Waals surface area contributed by atoms with Gasteiger partial charge in [-0.2, -0.15) is 0 Å². The third kappa shape index (κ3) is 5.35. The number of aryl methyl sites for hydroxylation is 2. The maximum Gasteiger partial charge on any atom is 0.221 e. The molecule has 0 saturated heterocycles. The number of amides is 1. The van der Waals surface area contributed by atoms with Crippen molar-refractivity contribution in [1.29, 1.82) is 0 Å². The summed E-state index contributed by atoms with van der Waals surface area (Å²) >= 11 is 12.0. The van der Waals surface area contributed by atoms with Crippen molar-refractivity contribution in [2.45, 2.75) is 25.8 Å². The highest BCUT2D eigenvalue weighted by molar-refractivity contribution is 6.42. The highest BCUT2D eigenvalue weighted by Gasteiger charge is 2.17. The summed E-state index contributed by atoms with van der Waals surface area (Å²) in [7, 11) is 0. The Morgan fingerprint density at radius 3 is 2.33 bits per heavy atom. The van der Waals surface area contributed by atoms with E-state index in [1.807, 2.05) is 54.6 Å². The van der Waals surface area contributed by atoms with Crippen molar-refractivity contribution in [2.24, 2.45) is 0 Å². The Balaban J connectivity index is 1.73. The van der Waals surface area contributed by atoms with E-state index in [4.69, 9.17) is 23.2 Å². The Bertz CT molecular complexity index is 925. The van der Waals surface area contributed by atoms with Crippen LogP contribution in [0.15, 0.2) is 72.8 Å². The van der Waals surface area contributed by atoms with E-state index in [-0.39, 0.29) is 11.9 Å². The minimum absolute atomic E-state index is 0.00330. The number of hydrogen-bond donors (Lipinski definition) is 1. The SMILES string of the molecule is Cc1cccc([C@H](NC(=O)CCc2ccc(Cl)c(Cl)c2)c2ccccc2)c1. The third-order valence-electron chi connectivity index (χ3n) is 4.44. The van der Waals surface area contributed by atoms with Crippen molar-refractivity contribution >= 4 is 29.1 Å². The van der Waals surface area contributed by atoms with Gasteiger partial charge in [0.2, 0.25) is 5.91 Å². The Labute approximate surface area is 170 Å². The quantitative estimate of drug-likeness (QED) is 0.531. The first-order valence-corrected chi connectivity index (χ1v) is 9.63. The van der Waals surface area contributed by atoms with Gasteiger partial charge in [-0.05, 0) is 42.2 Å². The zero-order valence-electron chi connectivity index (χ0n) is 15.1. The van der Waals surface area contributed by atoms with Gasteiger partial charge < -0.3 is 5.32 Å². The van der Waals surface area contributed by atoms with Crippen LogP contribution in [0.3, 0.4) is 0 Å². The zero-order valence-corrected chi connectivity index (χ0v) is 16.6. The Kier molecular flexibility index (Phi) is 6.54. The van der Waals surface area contributed by atoms with Crippen LogP contribution in [0.1, 0.15) is 34.7 Å². The fourth-order valence-corrected chi connectivity index (χ4v) is 3.36. The number of carbonyl (C=O) groups is 1. The molecule has 0 spiro atoms. The first kappa shape index (κ1) is 19.5. The number of rotatable bonds is 6. The second kappa shape index (κ2) is 9.07. The van der Waals surface area contributed by atoms with Crippen molar-refractivity contribution in [3.8, 4) is 0 Å². The molecular weight excluding hydrogens is 377 g/mol. The van der Waals surface area contributed by atoms with Crippen molar-refractivity contribution in [3.63, 3.8) is 0 Å². The molecule has 27 heavy (non-hydrogen) atoms. The lowest BCUT2D eigenvalue weighted by atomic mass is 9.97. The number of benzene rings is 3. The number of carbonyl (C=O) groups excluding carboxylic acids is 1. The summed E-state index contributed by atoms with van der Waals surface area (Å²) in [5, 5.41) is 4.21. The molecule has 1 amide bonds. The van der Waals surface area contributed by atoms with Gasteiger partial charge in [0.1, 0.15) is 0 Å². The summed E-state index contributed by atoms with van der Waals surface area (Å²) in [5.74, 6) is -0.00330. The van der Waals surface area contributed by atoms with Crippen molar-refractivity contribution < 1.29 is 4.79 Å². The second-order valence-electron chi connectivity index (χ2n) is 6.57. The minimum Gasteiger partial charge on any atom is -0.345 e. The Hall–Kier alpha value is -2.29. The van der Waals surface area contributed by atoms with Crippen molar-refractivity contribution in [2.75, 3.05) is 0 Å². The van der Waals surface area contributed by atoms with E-state index in [0.717, 1.165) is 16.7 Å². The van der Waals surface area contributed by atoms with Crippen LogP contribution in [0.4, 0.5) is 0 Å². The normalized spacial score (nSPS) is 11.8. The van der Waals surface area contributed by atoms with Gasteiger partial charge in [-0.3, -0.25) is 4.79 Å². The molecule has 3 rings (SSSR count). The molecule has 0 radical (unpaired) electrons. The molecule has 3 aromatic rings. The minimum atomic E-state index is -0.174.